The van der Waals surface area contributed by atoms with Crippen molar-refractivity contribution in [3.63, 3.8) is 0 Å². The molecule has 3 rings (SSSR count). The van der Waals surface area contributed by atoms with Crippen LogP contribution in [-0.4, -0.2) is 19.2 Å². The first-order chi connectivity index (χ1) is 10.4. The number of likely N-dealkylation sites (N-methyl/N-ethyl adjacent to an activating group) is 1. The third kappa shape index (κ3) is 3.60. The molecule has 0 amide bonds. The molecule has 1 fully saturated rings. The minimum absolute atomic E-state index is 0.614. The maximum atomic E-state index is 5.84. The lowest BCUT2D eigenvalue weighted by Gasteiger charge is -2.35. The molecule has 0 bridgehead atoms. The molecule has 1 aromatic carbocycles. The van der Waals surface area contributed by atoms with Crippen LogP contribution >= 0.6 is 0 Å². The number of hydrogen-bond donors (Lipinski definition) is 1. The molecule has 2 aliphatic rings. The van der Waals surface area contributed by atoms with Gasteiger partial charge in [0.05, 0.1) is 6.61 Å². The van der Waals surface area contributed by atoms with E-state index in [0.717, 1.165) is 31.2 Å². The monoisotopic (exact) mass is 287 g/mol. The summed E-state index contributed by atoms with van der Waals surface area (Å²) in [6.45, 7) is 4.17. The molecule has 2 nitrogen and oxygen atoms in total. The summed E-state index contributed by atoms with van der Waals surface area (Å²) in [7, 11) is 0. The van der Waals surface area contributed by atoms with Gasteiger partial charge in [-0.15, -0.1) is 0 Å². The van der Waals surface area contributed by atoms with E-state index in [4.69, 9.17) is 4.74 Å². The van der Waals surface area contributed by atoms with Crippen molar-refractivity contribution < 1.29 is 4.74 Å². The normalized spacial score (nSPS) is 24.1. The predicted molar refractivity (Wildman–Crippen MR) is 88.0 cm³/mol. The largest absolute Gasteiger partial charge is 0.493 e. The van der Waals surface area contributed by atoms with Crippen LogP contribution in [0.5, 0.6) is 5.75 Å². The number of rotatable bonds is 5. The summed E-state index contributed by atoms with van der Waals surface area (Å²) in [5, 5.41) is 3.78. The Morgan fingerprint density at radius 1 is 1.14 bits per heavy atom. The maximum Gasteiger partial charge on any atom is 0.122 e. The van der Waals surface area contributed by atoms with Gasteiger partial charge in [0.15, 0.2) is 0 Å². The smallest absolute Gasteiger partial charge is 0.122 e. The number of nitrogens with one attached hydrogen (secondary N) is 1. The SMILES string of the molecule is CCNC(CC1CCCCC1)C1CCOc2ccccc21. The van der Waals surface area contributed by atoms with Crippen molar-refractivity contribution >= 4 is 0 Å². The van der Waals surface area contributed by atoms with E-state index >= 15 is 0 Å². The molecular weight excluding hydrogens is 258 g/mol. The van der Waals surface area contributed by atoms with Gasteiger partial charge in [-0.1, -0.05) is 57.2 Å². The van der Waals surface area contributed by atoms with E-state index in [1.54, 1.807) is 0 Å². The minimum atomic E-state index is 0.614. The zero-order valence-electron chi connectivity index (χ0n) is 13.3. The molecule has 1 aromatic rings. The summed E-state index contributed by atoms with van der Waals surface area (Å²) < 4.78 is 5.84. The number of ether oxygens (including phenoxy) is 1. The van der Waals surface area contributed by atoms with Crippen LogP contribution in [0.25, 0.3) is 0 Å². The zero-order valence-corrected chi connectivity index (χ0v) is 13.3. The molecule has 2 atom stereocenters. The molecule has 1 saturated carbocycles. The van der Waals surface area contributed by atoms with Gasteiger partial charge in [-0.3, -0.25) is 0 Å². The Morgan fingerprint density at radius 2 is 1.95 bits per heavy atom. The quantitative estimate of drug-likeness (QED) is 0.861. The van der Waals surface area contributed by atoms with E-state index in [-0.39, 0.29) is 0 Å². The Kier molecular flexibility index (Phi) is 5.18. The number of para-hydroxylation sites is 1. The standard InChI is InChI=1S/C19H29NO/c1-2-20-18(14-15-8-4-3-5-9-15)16-12-13-21-19-11-7-6-10-17(16)19/h6-7,10-11,15-16,18,20H,2-5,8-9,12-14H2,1H3. The molecule has 2 heteroatoms. The Labute approximate surface area is 129 Å². The van der Waals surface area contributed by atoms with Crippen LogP contribution in [-0.2, 0) is 0 Å². The molecular formula is C19H29NO. The van der Waals surface area contributed by atoms with Crippen LogP contribution in [0.4, 0.5) is 0 Å². The molecule has 0 radical (unpaired) electrons. The third-order valence-electron chi connectivity index (χ3n) is 5.27. The van der Waals surface area contributed by atoms with Gasteiger partial charge >= 0.3 is 0 Å². The number of hydrogen-bond acceptors (Lipinski definition) is 2. The van der Waals surface area contributed by atoms with Crippen molar-refractivity contribution in [1.82, 2.24) is 5.32 Å². The Balaban J connectivity index is 1.74. The summed E-state index contributed by atoms with van der Waals surface area (Å²) in [5.41, 5.74) is 1.42. The van der Waals surface area contributed by atoms with Crippen LogP contribution < -0.4 is 10.1 Å². The Morgan fingerprint density at radius 3 is 2.76 bits per heavy atom. The fourth-order valence-electron chi connectivity index (χ4n) is 4.22. The van der Waals surface area contributed by atoms with Gasteiger partial charge < -0.3 is 10.1 Å². The second-order valence-electron chi connectivity index (χ2n) is 6.69. The van der Waals surface area contributed by atoms with E-state index in [1.165, 1.54) is 44.1 Å². The number of fused-ring (bicyclic) bond motifs is 1. The van der Waals surface area contributed by atoms with Crippen molar-refractivity contribution in [2.24, 2.45) is 5.92 Å². The topological polar surface area (TPSA) is 21.3 Å². The summed E-state index contributed by atoms with van der Waals surface area (Å²) in [6, 6.07) is 9.26. The zero-order chi connectivity index (χ0) is 14.5. The molecule has 1 aliphatic heterocycles. The van der Waals surface area contributed by atoms with Crippen LogP contribution in [0.3, 0.4) is 0 Å². The highest BCUT2D eigenvalue weighted by atomic mass is 16.5. The van der Waals surface area contributed by atoms with Gasteiger partial charge in [-0.05, 0) is 36.9 Å². The Hall–Kier alpha value is -1.02. The molecule has 0 spiro atoms. The average Bonchev–Trinajstić information content (AvgIpc) is 2.55. The molecule has 2 unspecified atom stereocenters. The van der Waals surface area contributed by atoms with Gasteiger partial charge in [0.2, 0.25) is 0 Å². The highest BCUT2D eigenvalue weighted by molar-refractivity contribution is 5.38. The molecule has 1 N–H and O–H groups in total. The molecule has 1 aliphatic carbocycles. The van der Waals surface area contributed by atoms with Crippen molar-refractivity contribution in [1.29, 1.82) is 0 Å². The number of benzene rings is 1. The molecule has 116 valence electrons. The van der Waals surface area contributed by atoms with Crippen molar-refractivity contribution in [2.75, 3.05) is 13.2 Å². The lowest BCUT2D eigenvalue weighted by atomic mass is 9.78. The predicted octanol–water partition coefficient (Wildman–Crippen LogP) is 4.50. The first kappa shape index (κ1) is 14.9. The first-order valence-corrected chi connectivity index (χ1v) is 8.83. The summed E-state index contributed by atoms with van der Waals surface area (Å²) in [6.07, 6.45) is 9.69. The third-order valence-corrected chi connectivity index (χ3v) is 5.27. The van der Waals surface area contributed by atoms with Crippen molar-refractivity contribution in [2.45, 2.75) is 63.8 Å². The van der Waals surface area contributed by atoms with E-state index in [1.807, 2.05) is 0 Å². The molecule has 0 aromatic heterocycles. The van der Waals surface area contributed by atoms with E-state index < -0.39 is 0 Å². The summed E-state index contributed by atoms with van der Waals surface area (Å²) >= 11 is 0. The summed E-state index contributed by atoms with van der Waals surface area (Å²) in [4.78, 5) is 0. The van der Waals surface area contributed by atoms with E-state index in [0.29, 0.717) is 12.0 Å². The Bertz CT molecular complexity index is 439. The van der Waals surface area contributed by atoms with Crippen LogP contribution in [0.2, 0.25) is 0 Å². The molecule has 1 heterocycles. The lowest BCUT2D eigenvalue weighted by Crippen LogP contribution is -2.39. The minimum Gasteiger partial charge on any atom is -0.493 e. The van der Waals surface area contributed by atoms with Crippen molar-refractivity contribution in [3.8, 4) is 5.75 Å². The van der Waals surface area contributed by atoms with Crippen LogP contribution in [0, 0.1) is 5.92 Å². The lowest BCUT2D eigenvalue weighted by molar-refractivity contribution is 0.220. The van der Waals surface area contributed by atoms with Gasteiger partial charge in [0, 0.05) is 12.0 Å². The van der Waals surface area contributed by atoms with Gasteiger partial charge in [0.25, 0.3) is 0 Å². The molecule has 21 heavy (non-hydrogen) atoms. The van der Waals surface area contributed by atoms with Crippen molar-refractivity contribution in [3.05, 3.63) is 29.8 Å². The fraction of sp³-hybridized carbons (Fsp3) is 0.684. The van der Waals surface area contributed by atoms with E-state index in [9.17, 15) is 0 Å². The maximum absolute atomic E-state index is 5.84. The highest BCUT2D eigenvalue weighted by Crippen LogP contribution is 2.39. The first-order valence-electron chi connectivity index (χ1n) is 8.83. The van der Waals surface area contributed by atoms with E-state index in [2.05, 4.69) is 36.5 Å². The second-order valence-corrected chi connectivity index (χ2v) is 6.69. The second kappa shape index (κ2) is 7.31. The summed E-state index contributed by atoms with van der Waals surface area (Å²) in [5.74, 6) is 2.66. The average molecular weight is 287 g/mol. The van der Waals surface area contributed by atoms with Crippen LogP contribution in [0.15, 0.2) is 24.3 Å². The van der Waals surface area contributed by atoms with Gasteiger partial charge in [0.1, 0.15) is 5.75 Å². The van der Waals surface area contributed by atoms with Gasteiger partial charge in [-0.25, -0.2) is 0 Å². The highest BCUT2D eigenvalue weighted by Gasteiger charge is 2.30. The van der Waals surface area contributed by atoms with Gasteiger partial charge in [-0.2, -0.15) is 0 Å². The molecule has 0 saturated heterocycles. The fourth-order valence-corrected chi connectivity index (χ4v) is 4.22. The van der Waals surface area contributed by atoms with Crippen LogP contribution in [0.1, 0.15) is 63.4 Å².